The lowest BCUT2D eigenvalue weighted by Crippen LogP contribution is -2.33. The summed E-state index contributed by atoms with van der Waals surface area (Å²) in [7, 11) is 0. The van der Waals surface area contributed by atoms with Crippen molar-refractivity contribution in [3.05, 3.63) is 17.5 Å². The van der Waals surface area contributed by atoms with Gasteiger partial charge in [-0.1, -0.05) is 17.8 Å². The third-order valence-corrected chi connectivity index (χ3v) is 4.31. The molecule has 2 amide bonds. The first-order chi connectivity index (χ1) is 9.74. The molecule has 0 saturated carbocycles. The zero-order valence-corrected chi connectivity index (χ0v) is 11.9. The maximum Gasteiger partial charge on any atom is 0.416 e. The molecule has 3 rings (SSSR count). The zero-order valence-electron chi connectivity index (χ0n) is 10.2. The Balaban J connectivity index is 1.59. The summed E-state index contributed by atoms with van der Waals surface area (Å²) in [5.74, 6) is 0.493. The lowest BCUT2D eigenvalue weighted by molar-refractivity contribution is -0.125. The van der Waals surface area contributed by atoms with Crippen molar-refractivity contribution in [2.24, 2.45) is 0 Å². The molecule has 104 valence electrons. The van der Waals surface area contributed by atoms with Gasteiger partial charge >= 0.3 is 6.09 Å². The normalized spacial score (nSPS) is 14.6. The van der Waals surface area contributed by atoms with E-state index in [0.29, 0.717) is 17.5 Å². The van der Waals surface area contributed by atoms with Gasteiger partial charge < -0.3 is 4.74 Å². The first-order valence-electron chi connectivity index (χ1n) is 5.80. The number of ether oxygens (including phenoxy) is 1. The highest BCUT2D eigenvalue weighted by molar-refractivity contribution is 7.99. The molecule has 0 bridgehead atoms. The molecule has 1 aliphatic heterocycles. The highest BCUT2D eigenvalue weighted by Gasteiger charge is 2.28. The number of amides is 2. The molecule has 7 nitrogen and oxygen atoms in total. The molecule has 1 fully saturated rings. The van der Waals surface area contributed by atoms with Gasteiger partial charge in [-0.2, -0.15) is 0 Å². The van der Waals surface area contributed by atoms with Crippen molar-refractivity contribution < 1.29 is 14.3 Å². The predicted octanol–water partition coefficient (Wildman–Crippen LogP) is 1.60. The Hall–Kier alpha value is -1.87. The third-order valence-electron chi connectivity index (χ3n) is 2.61. The van der Waals surface area contributed by atoms with Gasteiger partial charge in [0, 0.05) is 0 Å². The standard InChI is InChI=1S/C11H10N4O3S2/c16-8(15-3-4-18-11(15)17)6-20-10-12-9(13-14-10)7-2-1-5-19-7/h1-2,5H,3-4,6H2,(H,12,13,14). The van der Waals surface area contributed by atoms with Gasteiger partial charge in [0.15, 0.2) is 5.82 Å². The molecule has 2 aromatic heterocycles. The number of cyclic esters (lactones) is 1. The van der Waals surface area contributed by atoms with Crippen LogP contribution in [-0.2, 0) is 9.53 Å². The minimum absolute atomic E-state index is 0.108. The minimum atomic E-state index is -0.579. The van der Waals surface area contributed by atoms with Gasteiger partial charge in [0.05, 0.1) is 17.2 Å². The van der Waals surface area contributed by atoms with Crippen LogP contribution in [0.4, 0.5) is 4.79 Å². The fourth-order valence-electron chi connectivity index (χ4n) is 1.66. The highest BCUT2D eigenvalue weighted by atomic mass is 32.2. The predicted molar refractivity (Wildman–Crippen MR) is 73.5 cm³/mol. The van der Waals surface area contributed by atoms with Gasteiger partial charge in [-0.05, 0) is 11.4 Å². The lowest BCUT2D eigenvalue weighted by Gasteiger charge is -2.08. The monoisotopic (exact) mass is 310 g/mol. The van der Waals surface area contributed by atoms with Crippen molar-refractivity contribution in [3.63, 3.8) is 0 Å². The van der Waals surface area contributed by atoms with Crippen molar-refractivity contribution >= 4 is 35.1 Å². The molecular formula is C11H10N4O3S2. The van der Waals surface area contributed by atoms with Gasteiger partial charge in [-0.25, -0.2) is 14.7 Å². The summed E-state index contributed by atoms with van der Waals surface area (Å²) in [4.78, 5) is 29.4. The SMILES string of the molecule is O=C(CSc1n[nH]c(-c2cccs2)n1)N1CCOC1=O. The maximum atomic E-state index is 11.8. The summed E-state index contributed by atoms with van der Waals surface area (Å²) in [6, 6.07) is 3.86. The number of nitrogens with one attached hydrogen (secondary N) is 1. The molecule has 1 N–H and O–H groups in total. The summed E-state index contributed by atoms with van der Waals surface area (Å²) in [5, 5.41) is 9.29. The summed E-state index contributed by atoms with van der Waals surface area (Å²) in [6.45, 7) is 0.574. The van der Waals surface area contributed by atoms with Gasteiger partial charge in [-0.15, -0.1) is 16.4 Å². The number of imide groups is 1. The Morgan fingerprint density at radius 1 is 1.60 bits per heavy atom. The quantitative estimate of drug-likeness (QED) is 0.863. The Morgan fingerprint density at radius 3 is 3.20 bits per heavy atom. The van der Waals surface area contributed by atoms with E-state index in [1.54, 1.807) is 11.3 Å². The van der Waals surface area contributed by atoms with E-state index < -0.39 is 6.09 Å². The number of aromatic nitrogens is 3. The van der Waals surface area contributed by atoms with E-state index in [0.717, 1.165) is 9.78 Å². The molecule has 3 heterocycles. The molecule has 20 heavy (non-hydrogen) atoms. The summed E-state index contributed by atoms with van der Waals surface area (Å²) < 4.78 is 4.71. The second-order valence-electron chi connectivity index (χ2n) is 3.89. The van der Waals surface area contributed by atoms with Gasteiger partial charge in [0.1, 0.15) is 6.61 Å². The number of rotatable bonds is 4. The van der Waals surface area contributed by atoms with E-state index in [1.807, 2.05) is 17.5 Å². The van der Waals surface area contributed by atoms with E-state index in [1.165, 1.54) is 11.8 Å². The number of thioether (sulfide) groups is 1. The third kappa shape index (κ3) is 2.68. The molecule has 0 radical (unpaired) electrons. The van der Waals surface area contributed by atoms with Crippen LogP contribution in [-0.4, -0.2) is 51.0 Å². The van der Waals surface area contributed by atoms with Crippen molar-refractivity contribution in [1.82, 2.24) is 20.1 Å². The Morgan fingerprint density at radius 2 is 2.50 bits per heavy atom. The number of H-pyrrole nitrogens is 1. The second kappa shape index (κ2) is 5.63. The lowest BCUT2D eigenvalue weighted by atomic mass is 10.4. The number of carbonyl (C=O) groups excluding carboxylic acids is 2. The van der Waals surface area contributed by atoms with Crippen LogP contribution in [0, 0.1) is 0 Å². The topological polar surface area (TPSA) is 88.2 Å². The molecule has 1 aliphatic rings. The van der Waals surface area contributed by atoms with Crippen LogP contribution in [0.2, 0.25) is 0 Å². The van der Waals surface area contributed by atoms with Crippen molar-refractivity contribution in [2.75, 3.05) is 18.9 Å². The maximum absolute atomic E-state index is 11.8. The fourth-order valence-corrected chi connectivity index (χ4v) is 3.00. The molecule has 0 unspecified atom stereocenters. The fraction of sp³-hybridized carbons (Fsp3) is 0.273. The van der Waals surface area contributed by atoms with Gasteiger partial charge in [0.2, 0.25) is 11.1 Å². The van der Waals surface area contributed by atoms with Crippen molar-refractivity contribution in [3.8, 4) is 10.7 Å². The summed E-state index contributed by atoms with van der Waals surface area (Å²) >= 11 is 2.74. The van der Waals surface area contributed by atoms with E-state index in [4.69, 9.17) is 4.74 Å². The van der Waals surface area contributed by atoms with Crippen LogP contribution in [0.1, 0.15) is 0 Å². The minimum Gasteiger partial charge on any atom is -0.447 e. The highest BCUT2D eigenvalue weighted by Crippen LogP contribution is 2.23. The van der Waals surface area contributed by atoms with E-state index in [9.17, 15) is 9.59 Å². The van der Waals surface area contributed by atoms with Gasteiger partial charge in [0.25, 0.3) is 0 Å². The number of carbonyl (C=O) groups is 2. The molecule has 0 aliphatic carbocycles. The molecule has 0 spiro atoms. The van der Waals surface area contributed by atoms with E-state index in [-0.39, 0.29) is 18.3 Å². The second-order valence-corrected chi connectivity index (χ2v) is 5.78. The number of aromatic amines is 1. The Labute approximate surface area is 122 Å². The molecule has 9 heteroatoms. The van der Waals surface area contributed by atoms with E-state index >= 15 is 0 Å². The van der Waals surface area contributed by atoms with E-state index in [2.05, 4.69) is 15.2 Å². The van der Waals surface area contributed by atoms with Crippen LogP contribution in [0.5, 0.6) is 0 Å². The summed E-state index contributed by atoms with van der Waals surface area (Å²) in [5.41, 5.74) is 0. The number of thiophene rings is 1. The Bertz CT molecular complexity index is 625. The molecule has 0 aromatic carbocycles. The van der Waals surface area contributed by atoms with Gasteiger partial charge in [-0.3, -0.25) is 9.89 Å². The largest absolute Gasteiger partial charge is 0.447 e. The van der Waals surface area contributed by atoms with Crippen molar-refractivity contribution in [1.29, 1.82) is 0 Å². The summed E-state index contributed by atoms with van der Waals surface area (Å²) in [6.07, 6.45) is -0.579. The average Bonchev–Trinajstić information content (AvgIpc) is 3.16. The molecule has 0 atom stereocenters. The molecule has 1 saturated heterocycles. The van der Waals surface area contributed by atoms with Crippen LogP contribution in [0.3, 0.4) is 0 Å². The number of hydrogen-bond acceptors (Lipinski definition) is 7. The van der Waals surface area contributed by atoms with Crippen molar-refractivity contribution in [2.45, 2.75) is 5.16 Å². The van der Waals surface area contributed by atoms with Crippen LogP contribution in [0.15, 0.2) is 22.7 Å². The van der Waals surface area contributed by atoms with Crippen LogP contribution < -0.4 is 0 Å². The van der Waals surface area contributed by atoms with Crippen LogP contribution in [0.25, 0.3) is 10.7 Å². The first-order valence-corrected chi connectivity index (χ1v) is 7.67. The van der Waals surface area contributed by atoms with Crippen LogP contribution >= 0.6 is 23.1 Å². The molecular weight excluding hydrogens is 300 g/mol. The first kappa shape index (κ1) is 13.1. The number of hydrogen-bond donors (Lipinski definition) is 1. The smallest absolute Gasteiger partial charge is 0.416 e. The number of nitrogens with zero attached hydrogens (tertiary/aromatic N) is 3. The average molecular weight is 310 g/mol. The zero-order chi connectivity index (χ0) is 13.9. The Kier molecular flexibility index (Phi) is 3.70. The molecule has 2 aromatic rings.